The van der Waals surface area contributed by atoms with Crippen LogP contribution in [0.2, 0.25) is 0 Å². The minimum atomic E-state index is -1.52. The molecule has 4 N–H and O–H groups in total. The molecule has 12 heavy (non-hydrogen) atoms. The molecule has 0 amide bonds. The third-order valence-electron chi connectivity index (χ3n) is 1.31. The highest BCUT2D eigenvalue weighted by molar-refractivity contribution is 5.36. The normalized spacial score (nSPS) is 18.0. The summed E-state index contributed by atoms with van der Waals surface area (Å²) in [6.45, 7) is -0.970. The van der Waals surface area contributed by atoms with E-state index < -0.39 is 31.5 Å². The topological polar surface area (TPSA) is 107 Å². The highest BCUT2D eigenvalue weighted by atomic mass is 16.5. The number of hydrogen-bond donors (Lipinski definition) is 4. The van der Waals surface area contributed by atoms with Gasteiger partial charge in [-0.25, -0.2) is 0 Å². The van der Waals surface area contributed by atoms with Crippen LogP contribution < -0.4 is 0 Å². The molecular formula is C6H12O6. The van der Waals surface area contributed by atoms with Crippen LogP contribution in [0.25, 0.3) is 0 Å². The molecule has 0 aromatic rings. The predicted octanol–water partition coefficient (Wildman–Crippen LogP) is -2.77. The summed E-state index contributed by atoms with van der Waals surface area (Å²) in [5.41, 5.74) is 0. The van der Waals surface area contributed by atoms with Crippen molar-refractivity contribution in [2.24, 2.45) is 0 Å². The molecule has 0 fully saturated rings. The van der Waals surface area contributed by atoms with Crippen molar-refractivity contribution in [1.29, 1.82) is 0 Å². The maximum absolute atomic E-state index is 9.64. The third kappa shape index (κ3) is 3.63. The van der Waals surface area contributed by atoms with Gasteiger partial charge >= 0.3 is 0 Å². The van der Waals surface area contributed by atoms with Crippen molar-refractivity contribution < 1.29 is 30.0 Å². The van der Waals surface area contributed by atoms with E-state index in [0.717, 1.165) is 0 Å². The zero-order valence-electron chi connectivity index (χ0n) is 6.33. The second kappa shape index (κ2) is 5.90. The lowest BCUT2D eigenvalue weighted by Gasteiger charge is -2.20. The fraction of sp³-hybridized carbons (Fsp3) is 0.833. The number of ether oxygens (including phenoxy) is 1. The molecule has 3 atom stereocenters. The number of aliphatic hydroxyl groups is 4. The largest absolute Gasteiger partial charge is 0.465 e. The molecule has 0 aromatic carbocycles. The average molecular weight is 180 g/mol. The summed E-state index contributed by atoms with van der Waals surface area (Å²) in [4.78, 5) is 9.64. The van der Waals surface area contributed by atoms with Gasteiger partial charge in [-0.1, -0.05) is 0 Å². The van der Waals surface area contributed by atoms with E-state index in [1.807, 2.05) is 0 Å². The van der Waals surface area contributed by atoms with Crippen molar-refractivity contribution in [3.63, 3.8) is 0 Å². The molecule has 0 saturated carbocycles. The van der Waals surface area contributed by atoms with Crippen LogP contribution >= 0.6 is 0 Å². The molecule has 0 spiro atoms. The summed E-state index contributed by atoms with van der Waals surface area (Å²) in [6, 6.07) is 0. The highest BCUT2D eigenvalue weighted by Gasteiger charge is 2.24. The van der Waals surface area contributed by atoms with Crippen molar-refractivity contribution in [1.82, 2.24) is 0 Å². The zero-order valence-corrected chi connectivity index (χ0v) is 6.33. The molecule has 0 heterocycles. The smallest absolute Gasteiger partial charge is 0.293 e. The summed E-state index contributed by atoms with van der Waals surface area (Å²) < 4.78 is 4.13. The summed E-state index contributed by atoms with van der Waals surface area (Å²) in [5.74, 6) is 0. The number of carbonyl (C=O) groups excluding carboxylic acids is 1. The minimum Gasteiger partial charge on any atom is -0.465 e. The van der Waals surface area contributed by atoms with E-state index in [4.69, 9.17) is 20.4 Å². The van der Waals surface area contributed by atoms with Crippen molar-refractivity contribution in [3.05, 3.63) is 0 Å². The first kappa shape index (κ1) is 11.3. The van der Waals surface area contributed by atoms with E-state index in [1.165, 1.54) is 0 Å². The molecule has 0 aliphatic carbocycles. The third-order valence-corrected chi connectivity index (χ3v) is 1.31. The van der Waals surface area contributed by atoms with Crippen molar-refractivity contribution in [2.45, 2.75) is 18.3 Å². The fourth-order valence-electron chi connectivity index (χ4n) is 0.601. The Hall–Kier alpha value is -0.690. The summed E-state index contributed by atoms with van der Waals surface area (Å²) in [5, 5.41) is 35.0. The quantitative estimate of drug-likeness (QED) is 0.330. The van der Waals surface area contributed by atoms with Crippen LogP contribution in [0.5, 0.6) is 0 Å². The Morgan fingerprint density at radius 1 is 1.25 bits per heavy atom. The van der Waals surface area contributed by atoms with Crippen molar-refractivity contribution in [2.75, 3.05) is 13.2 Å². The molecular weight excluding hydrogens is 168 g/mol. The summed E-state index contributed by atoms with van der Waals surface area (Å²) >= 11 is 0. The molecule has 0 aliphatic rings. The fourth-order valence-corrected chi connectivity index (χ4v) is 0.601. The van der Waals surface area contributed by atoms with Gasteiger partial charge in [0, 0.05) is 0 Å². The van der Waals surface area contributed by atoms with Gasteiger partial charge in [-0.15, -0.1) is 0 Å². The Labute approximate surface area is 69.0 Å². The van der Waals surface area contributed by atoms with Gasteiger partial charge < -0.3 is 25.2 Å². The van der Waals surface area contributed by atoms with Gasteiger partial charge in [0.2, 0.25) is 0 Å². The first-order valence-corrected chi connectivity index (χ1v) is 3.33. The van der Waals surface area contributed by atoms with E-state index in [1.54, 1.807) is 0 Å². The van der Waals surface area contributed by atoms with Crippen LogP contribution in [0.15, 0.2) is 0 Å². The average Bonchev–Trinajstić information content (AvgIpc) is 2.11. The summed E-state index contributed by atoms with van der Waals surface area (Å²) in [6.07, 6.45) is -4.34. The first-order valence-electron chi connectivity index (χ1n) is 3.33. The van der Waals surface area contributed by atoms with Gasteiger partial charge in [-0.2, -0.15) is 0 Å². The molecule has 0 bridgehead atoms. The molecule has 0 rings (SSSR count). The standard InChI is InChI=1S/C6H12O6/c7-1-4(9)6(11)5(10)2-12-3-8/h3-7,9-11H,1-2H2. The van der Waals surface area contributed by atoms with Crippen LogP contribution in [0, 0.1) is 0 Å². The molecule has 0 aliphatic heterocycles. The lowest BCUT2D eigenvalue weighted by atomic mass is 10.1. The van der Waals surface area contributed by atoms with E-state index in [9.17, 15) is 4.79 Å². The Balaban J connectivity index is 3.74. The lowest BCUT2D eigenvalue weighted by Crippen LogP contribution is -2.41. The second-order valence-corrected chi connectivity index (χ2v) is 2.24. The maximum atomic E-state index is 9.64. The first-order chi connectivity index (χ1) is 5.63. The number of carbonyl (C=O) groups is 1. The Bertz CT molecular complexity index is 127. The molecule has 6 nitrogen and oxygen atoms in total. The molecule has 0 aromatic heterocycles. The van der Waals surface area contributed by atoms with Crippen LogP contribution in [-0.4, -0.2) is 58.4 Å². The van der Waals surface area contributed by atoms with Gasteiger partial charge in [-0.3, -0.25) is 4.79 Å². The van der Waals surface area contributed by atoms with Crippen molar-refractivity contribution >= 4 is 6.47 Å². The van der Waals surface area contributed by atoms with Gasteiger partial charge in [-0.05, 0) is 0 Å². The Kier molecular flexibility index (Phi) is 5.56. The SMILES string of the molecule is O=COCC(O)C(O)C(O)CO. The summed E-state index contributed by atoms with van der Waals surface area (Å²) in [7, 11) is 0. The molecule has 0 radical (unpaired) electrons. The van der Waals surface area contributed by atoms with Gasteiger partial charge in [0.25, 0.3) is 6.47 Å². The number of rotatable bonds is 6. The van der Waals surface area contributed by atoms with Crippen LogP contribution in [-0.2, 0) is 9.53 Å². The lowest BCUT2D eigenvalue weighted by molar-refractivity contribution is -0.138. The number of aliphatic hydroxyl groups excluding tert-OH is 4. The zero-order chi connectivity index (χ0) is 9.56. The predicted molar refractivity (Wildman–Crippen MR) is 37.1 cm³/mol. The van der Waals surface area contributed by atoms with E-state index in [0.29, 0.717) is 0 Å². The molecule has 0 saturated heterocycles. The number of hydrogen-bond acceptors (Lipinski definition) is 6. The monoisotopic (exact) mass is 180 g/mol. The molecule has 3 unspecified atom stereocenters. The van der Waals surface area contributed by atoms with Crippen LogP contribution in [0.1, 0.15) is 0 Å². The van der Waals surface area contributed by atoms with E-state index in [2.05, 4.69) is 4.74 Å². The van der Waals surface area contributed by atoms with Crippen molar-refractivity contribution in [3.8, 4) is 0 Å². The van der Waals surface area contributed by atoms with Gasteiger partial charge in [0.15, 0.2) is 0 Å². The Morgan fingerprint density at radius 3 is 2.25 bits per heavy atom. The van der Waals surface area contributed by atoms with Crippen LogP contribution in [0.3, 0.4) is 0 Å². The molecule has 72 valence electrons. The van der Waals surface area contributed by atoms with E-state index in [-0.39, 0.29) is 6.47 Å². The second-order valence-electron chi connectivity index (χ2n) is 2.24. The van der Waals surface area contributed by atoms with Gasteiger partial charge in [0.05, 0.1) is 6.61 Å². The highest BCUT2D eigenvalue weighted by Crippen LogP contribution is 1.99. The van der Waals surface area contributed by atoms with E-state index >= 15 is 0 Å². The minimum absolute atomic E-state index is 0.112. The van der Waals surface area contributed by atoms with Crippen LogP contribution in [0.4, 0.5) is 0 Å². The molecule has 6 heteroatoms. The maximum Gasteiger partial charge on any atom is 0.293 e. The van der Waals surface area contributed by atoms with Gasteiger partial charge in [0.1, 0.15) is 24.9 Å². The Morgan fingerprint density at radius 2 is 1.83 bits per heavy atom.